The molecule has 27 heavy (non-hydrogen) atoms. The zero-order valence-electron chi connectivity index (χ0n) is 14.4. The summed E-state index contributed by atoms with van der Waals surface area (Å²) in [5.74, 6) is 0.306. The molecule has 0 aliphatic carbocycles. The van der Waals surface area contributed by atoms with E-state index in [-0.39, 0.29) is 25.3 Å². The molecule has 0 fully saturated rings. The molecule has 0 spiro atoms. The van der Waals surface area contributed by atoms with Gasteiger partial charge >= 0.3 is 6.18 Å². The van der Waals surface area contributed by atoms with Crippen molar-refractivity contribution < 1.29 is 31.4 Å². The van der Waals surface area contributed by atoms with Gasteiger partial charge in [0.1, 0.15) is 11.9 Å². The van der Waals surface area contributed by atoms with Gasteiger partial charge in [-0.15, -0.1) is 0 Å². The van der Waals surface area contributed by atoms with Crippen LogP contribution in [0.4, 0.5) is 18.9 Å². The first-order valence-corrected chi connectivity index (χ1v) is 9.65. The third kappa shape index (κ3) is 3.89. The quantitative estimate of drug-likeness (QED) is 0.853. The molecule has 146 valence electrons. The summed E-state index contributed by atoms with van der Waals surface area (Å²) in [5.41, 5.74) is 0.0111. The van der Waals surface area contributed by atoms with E-state index >= 15 is 0 Å². The van der Waals surface area contributed by atoms with Crippen molar-refractivity contribution >= 4 is 15.7 Å². The van der Waals surface area contributed by atoms with Crippen LogP contribution in [0.1, 0.15) is 17.5 Å². The Bertz CT molecular complexity index is 944. The molecule has 1 N–H and O–H groups in total. The summed E-state index contributed by atoms with van der Waals surface area (Å²) >= 11 is 0. The highest BCUT2D eigenvalue weighted by Gasteiger charge is 2.36. The Morgan fingerprint density at radius 2 is 1.96 bits per heavy atom. The molecule has 1 aliphatic rings. The summed E-state index contributed by atoms with van der Waals surface area (Å²) < 4.78 is 72.0. The molecule has 9 heteroatoms. The maximum atomic E-state index is 13.1. The highest BCUT2D eigenvalue weighted by Crippen LogP contribution is 2.39. The average molecular weight is 401 g/mol. The van der Waals surface area contributed by atoms with Crippen LogP contribution < -0.4 is 9.04 Å². The molecule has 0 saturated carbocycles. The summed E-state index contributed by atoms with van der Waals surface area (Å²) in [5, 5.41) is 9.17. The van der Waals surface area contributed by atoms with Gasteiger partial charge in [-0.2, -0.15) is 13.2 Å². The summed E-state index contributed by atoms with van der Waals surface area (Å²) in [6, 6.07) is 8.62. The number of alkyl halides is 3. The number of aliphatic hydroxyl groups is 1. The van der Waals surface area contributed by atoms with E-state index in [2.05, 4.69) is 0 Å². The van der Waals surface area contributed by atoms with Crippen molar-refractivity contribution in [1.82, 2.24) is 0 Å². The van der Waals surface area contributed by atoms with Crippen molar-refractivity contribution in [2.45, 2.75) is 30.5 Å². The Morgan fingerprint density at radius 3 is 2.63 bits per heavy atom. The molecule has 0 saturated heterocycles. The van der Waals surface area contributed by atoms with Crippen LogP contribution in [0.3, 0.4) is 0 Å². The SMILES string of the molecule is Cc1ccc2c(c1)N(S(=O)(=O)c1cccc(C(F)(F)F)c1)C[C@H](CCO)O2. The minimum Gasteiger partial charge on any atom is -0.486 e. The van der Waals surface area contributed by atoms with Crippen LogP contribution in [0.2, 0.25) is 0 Å². The van der Waals surface area contributed by atoms with Crippen molar-refractivity contribution in [3.05, 3.63) is 53.6 Å². The lowest BCUT2D eigenvalue weighted by molar-refractivity contribution is -0.137. The highest BCUT2D eigenvalue weighted by molar-refractivity contribution is 7.92. The van der Waals surface area contributed by atoms with Crippen LogP contribution in [-0.4, -0.2) is 32.8 Å². The van der Waals surface area contributed by atoms with E-state index in [0.29, 0.717) is 11.8 Å². The average Bonchev–Trinajstić information content (AvgIpc) is 2.61. The molecule has 5 nitrogen and oxygen atoms in total. The van der Waals surface area contributed by atoms with Crippen LogP contribution in [0.15, 0.2) is 47.4 Å². The molecule has 2 aromatic carbocycles. The van der Waals surface area contributed by atoms with Crippen LogP contribution >= 0.6 is 0 Å². The first-order valence-electron chi connectivity index (χ1n) is 8.21. The molecule has 2 aromatic rings. The number of ether oxygens (including phenoxy) is 1. The van der Waals surface area contributed by atoms with Crippen LogP contribution in [0.5, 0.6) is 5.75 Å². The third-order valence-electron chi connectivity index (χ3n) is 4.25. The first-order chi connectivity index (χ1) is 12.6. The van der Waals surface area contributed by atoms with Crippen molar-refractivity contribution in [2.75, 3.05) is 17.5 Å². The largest absolute Gasteiger partial charge is 0.486 e. The van der Waals surface area contributed by atoms with Gasteiger partial charge in [0.2, 0.25) is 0 Å². The second-order valence-electron chi connectivity index (χ2n) is 6.29. The number of halogens is 3. The van der Waals surface area contributed by atoms with E-state index < -0.39 is 32.8 Å². The zero-order chi connectivity index (χ0) is 19.8. The van der Waals surface area contributed by atoms with Gasteiger partial charge < -0.3 is 9.84 Å². The van der Waals surface area contributed by atoms with Crippen molar-refractivity contribution in [3.63, 3.8) is 0 Å². The predicted octanol–water partition coefficient (Wildman–Crippen LogP) is 3.35. The Morgan fingerprint density at radius 1 is 1.22 bits per heavy atom. The lowest BCUT2D eigenvalue weighted by Gasteiger charge is -2.35. The fourth-order valence-electron chi connectivity index (χ4n) is 2.90. The number of sulfonamides is 1. The van der Waals surface area contributed by atoms with Crippen LogP contribution in [0.25, 0.3) is 0 Å². The number of hydrogen-bond acceptors (Lipinski definition) is 4. The zero-order valence-corrected chi connectivity index (χ0v) is 15.2. The first kappa shape index (κ1) is 19.5. The molecule has 1 aliphatic heterocycles. The lowest BCUT2D eigenvalue weighted by Crippen LogP contribution is -2.44. The number of hydrogen-bond donors (Lipinski definition) is 1. The second-order valence-corrected chi connectivity index (χ2v) is 8.15. The van der Waals surface area contributed by atoms with Gasteiger partial charge in [0.15, 0.2) is 0 Å². The van der Waals surface area contributed by atoms with E-state index in [1.807, 2.05) is 0 Å². The summed E-state index contributed by atoms with van der Waals surface area (Å²) in [6.07, 6.45) is -5.06. The van der Waals surface area contributed by atoms with Crippen LogP contribution in [-0.2, 0) is 16.2 Å². The van der Waals surface area contributed by atoms with E-state index in [1.54, 1.807) is 25.1 Å². The Kier molecular flexibility index (Phi) is 5.09. The number of aliphatic hydroxyl groups excluding tert-OH is 1. The van der Waals surface area contributed by atoms with Gasteiger partial charge in [0.05, 0.1) is 22.7 Å². The summed E-state index contributed by atoms with van der Waals surface area (Å²) in [4.78, 5) is -0.450. The topological polar surface area (TPSA) is 66.8 Å². The maximum absolute atomic E-state index is 13.1. The van der Waals surface area contributed by atoms with E-state index in [9.17, 15) is 21.6 Å². The van der Waals surface area contributed by atoms with Crippen molar-refractivity contribution in [2.24, 2.45) is 0 Å². The number of nitrogens with zero attached hydrogens (tertiary/aromatic N) is 1. The number of anilines is 1. The maximum Gasteiger partial charge on any atom is 0.416 e. The van der Waals surface area contributed by atoms with Crippen molar-refractivity contribution in [3.8, 4) is 5.75 Å². The monoisotopic (exact) mass is 401 g/mol. The van der Waals surface area contributed by atoms with Gasteiger partial charge in [0.25, 0.3) is 10.0 Å². The van der Waals surface area contributed by atoms with Crippen LogP contribution in [0, 0.1) is 6.92 Å². The second kappa shape index (κ2) is 7.05. The molecule has 0 radical (unpaired) electrons. The molecular formula is C18H18F3NO4S. The Hall–Kier alpha value is -2.26. The molecule has 0 amide bonds. The number of aryl methyl sites for hydroxylation is 1. The van der Waals surface area contributed by atoms with Gasteiger partial charge in [-0.25, -0.2) is 8.42 Å². The normalized spacial score (nSPS) is 17.4. The lowest BCUT2D eigenvalue weighted by atomic mass is 10.1. The van der Waals surface area contributed by atoms with E-state index in [1.165, 1.54) is 0 Å². The molecule has 1 atom stereocenters. The van der Waals surface area contributed by atoms with Crippen molar-refractivity contribution in [1.29, 1.82) is 0 Å². The minimum absolute atomic E-state index is 0.102. The standard InChI is InChI=1S/C18H18F3NO4S/c1-12-5-6-17-16(9-12)22(11-14(26-17)7-8-23)27(24,25)15-4-2-3-13(10-15)18(19,20)21/h2-6,9-10,14,23H,7-8,11H2,1H3/t14-/m0/s1. The van der Waals surface area contributed by atoms with Gasteiger partial charge in [-0.05, 0) is 42.8 Å². The van der Waals surface area contributed by atoms with Gasteiger partial charge in [-0.3, -0.25) is 4.31 Å². The fourth-order valence-corrected chi connectivity index (χ4v) is 4.45. The third-order valence-corrected chi connectivity index (χ3v) is 6.02. The minimum atomic E-state index is -4.65. The van der Waals surface area contributed by atoms with E-state index in [0.717, 1.165) is 28.1 Å². The number of benzene rings is 2. The molecular weight excluding hydrogens is 383 g/mol. The Balaban J connectivity index is 2.09. The van der Waals surface area contributed by atoms with E-state index in [4.69, 9.17) is 9.84 Å². The summed E-state index contributed by atoms with van der Waals surface area (Å²) in [7, 11) is -4.25. The van der Waals surface area contributed by atoms with Gasteiger partial charge in [-0.1, -0.05) is 12.1 Å². The number of fused-ring (bicyclic) bond motifs is 1. The molecule has 0 aromatic heterocycles. The van der Waals surface area contributed by atoms with Gasteiger partial charge in [0, 0.05) is 13.0 Å². The molecule has 3 rings (SSSR count). The summed E-state index contributed by atoms with van der Waals surface area (Å²) in [6.45, 7) is 1.47. The fraction of sp³-hybridized carbons (Fsp3) is 0.333. The highest BCUT2D eigenvalue weighted by atomic mass is 32.2. The Labute approximate surface area is 155 Å². The molecule has 0 unspecified atom stereocenters. The number of rotatable bonds is 4. The predicted molar refractivity (Wildman–Crippen MR) is 93.3 cm³/mol. The molecule has 1 heterocycles. The molecule has 0 bridgehead atoms. The smallest absolute Gasteiger partial charge is 0.416 e.